The summed E-state index contributed by atoms with van der Waals surface area (Å²) in [4.78, 5) is 15.7. The molecule has 2 aromatic carbocycles. The minimum Gasteiger partial charge on any atom is -0.322 e. The van der Waals surface area contributed by atoms with E-state index in [1.165, 1.54) is 31.2 Å². The van der Waals surface area contributed by atoms with Crippen LogP contribution in [0, 0.1) is 25.5 Å². The Balaban J connectivity index is 1.87. The third-order valence-electron chi connectivity index (χ3n) is 4.07. The Hall–Kier alpha value is -3.23. The second-order valence-corrected chi connectivity index (χ2v) is 6.12. The number of halogens is 5. The van der Waals surface area contributed by atoms with Gasteiger partial charge in [-0.15, -0.1) is 0 Å². The molecular weight excluding hydrogens is 381 g/mol. The van der Waals surface area contributed by atoms with Gasteiger partial charge >= 0.3 is 6.18 Å². The smallest absolute Gasteiger partial charge is 0.322 e. The number of aryl methyl sites for hydroxylation is 2. The predicted octanol–water partition coefficient (Wildman–Crippen LogP) is 5.04. The summed E-state index contributed by atoms with van der Waals surface area (Å²) in [6.45, 7) is 2.88. The van der Waals surface area contributed by atoms with Gasteiger partial charge in [0, 0.05) is 17.4 Å². The number of anilines is 1. The lowest BCUT2D eigenvalue weighted by atomic mass is 10.1. The van der Waals surface area contributed by atoms with Crippen LogP contribution in [-0.2, 0) is 6.18 Å². The summed E-state index contributed by atoms with van der Waals surface area (Å²) < 4.78 is 67.0. The Labute approximate surface area is 156 Å². The molecule has 0 radical (unpaired) electrons. The van der Waals surface area contributed by atoms with E-state index < -0.39 is 29.4 Å². The molecule has 1 aromatic heterocycles. The van der Waals surface area contributed by atoms with Crippen molar-refractivity contribution in [3.05, 3.63) is 76.9 Å². The molecule has 0 aliphatic rings. The topological polar surface area (TPSA) is 46.9 Å². The van der Waals surface area contributed by atoms with Gasteiger partial charge in [-0.25, -0.2) is 13.8 Å². The van der Waals surface area contributed by atoms with Crippen LogP contribution in [0.2, 0.25) is 0 Å². The van der Waals surface area contributed by atoms with Crippen LogP contribution in [0.3, 0.4) is 0 Å². The molecule has 0 saturated heterocycles. The van der Waals surface area contributed by atoms with E-state index >= 15 is 0 Å². The molecule has 0 fully saturated rings. The van der Waals surface area contributed by atoms with Gasteiger partial charge in [0.2, 0.25) is 0 Å². The van der Waals surface area contributed by atoms with Crippen LogP contribution in [0.25, 0.3) is 5.69 Å². The van der Waals surface area contributed by atoms with Gasteiger partial charge in [-0.1, -0.05) is 0 Å². The molecule has 146 valence electrons. The number of rotatable bonds is 3. The van der Waals surface area contributed by atoms with Crippen molar-refractivity contribution < 1.29 is 26.7 Å². The minimum atomic E-state index is -4.65. The molecule has 3 aromatic rings. The second-order valence-electron chi connectivity index (χ2n) is 6.12. The minimum absolute atomic E-state index is 0.0371. The number of alkyl halides is 3. The average Bonchev–Trinajstić information content (AvgIpc) is 2.97. The third-order valence-corrected chi connectivity index (χ3v) is 4.07. The monoisotopic (exact) mass is 395 g/mol. The van der Waals surface area contributed by atoms with Crippen LogP contribution >= 0.6 is 0 Å². The molecule has 0 bridgehead atoms. The summed E-state index contributed by atoms with van der Waals surface area (Å²) in [6.07, 6.45) is -3.94. The lowest BCUT2D eigenvalue weighted by Crippen LogP contribution is -2.14. The van der Waals surface area contributed by atoms with Crippen LogP contribution < -0.4 is 5.32 Å². The first kappa shape index (κ1) is 19.5. The Kier molecular flexibility index (Phi) is 4.93. The fraction of sp³-hybridized carbons (Fsp3) is 0.158. The molecule has 0 aliphatic heterocycles. The zero-order chi connectivity index (χ0) is 20.6. The van der Waals surface area contributed by atoms with Crippen molar-refractivity contribution in [2.75, 3.05) is 5.32 Å². The van der Waals surface area contributed by atoms with Gasteiger partial charge in [-0.05, 0) is 55.8 Å². The second kappa shape index (κ2) is 7.06. The van der Waals surface area contributed by atoms with Gasteiger partial charge < -0.3 is 9.88 Å². The Morgan fingerprint density at radius 3 is 2.36 bits per heavy atom. The maximum absolute atomic E-state index is 14.5. The number of hydrogen-bond donors (Lipinski definition) is 1. The number of amides is 1. The van der Waals surface area contributed by atoms with Crippen molar-refractivity contribution in [3.63, 3.8) is 0 Å². The highest BCUT2D eigenvalue weighted by atomic mass is 19.4. The number of carbonyl (C=O) groups is 1. The third kappa shape index (κ3) is 3.88. The summed E-state index contributed by atoms with van der Waals surface area (Å²) in [5.41, 5.74) is -0.553. The Bertz CT molecular complexity index is 1060. The normalized spacial score (nSPS) is 11.5. The first-order chi connectivity index (χ1) is 13.1. The molecule has 28 heavy (non-hydrogen) atoms. The van der Waals surface area contributed by atoms with Crippen molar-refractivity contribution >= 4 is 11.6 Å². The van der Waals surface area contributed by atoms with Gasteiger partial charge in [-0.2, -0.15) is 13.2 Å². The standard InChI is InChI=1S/C19H14F5N3O/c1-10-7-12(20)3-5-14(10)18(28)26-13-4-6-16(15(21)8-13)27-9-17(19(22,23)24)25-11(27)2/h3-9H,1-2H3,(H,26,28). The predicted molar refractivity (Wildman–Crippen MR) is 92.4 cm³/mol. The molecule has 0 aliphatic carbocycles. The number of hydrogen-bond acceptors (Lipinski definition) is 2. The van der Waals surface area contributed by atoms with E-state index in [1.807, 2.05) is 0 Å². The summed E-state index contributed by atoms with van der Waals surface area (Å²) in [6, 6.07) is 7.19. The van der Waals surface area contributed by atoms with E-state index in [4.69, 9.17) is 0 Å². The first-order valence-corrected chi connectivity index (χ1v) is 8.07. The molecule has 9 heteroatoms. The van der Waals surface area contributed by atoms with Crippen LogP contribution in [0.1, 0.15) is 27.4 Å². The van der Waals surface area contributed by atoms with Crippen molar-refractivity contribution in [1.29, 1.82) is 0 Å². The van der Waals surface area contributed by atoms with Gasteiger partial charge in [-0.3, -0.25) is 4.79 Å². The van der Waals surface area contributed by atoms with E-state index in [-0.39, 0.29) is 22.8 Å². The van der Waals surface area contributed by atoms with E-state index in [0.717, 1.165) is 16.7 Å². The molecule has 1 amide bonds. The highest BCUT2D eigenvalue weighted by molar-refractivity contribution is 6.05. The highest BCUT2D eigenvalue weighted by Crippen LogP contribution is 2.30. The molecule has 0 spiro atoms. The molecule has 0 saturated carbocycles. The number of nitrogens with zero attached hydrogens (tertiary/aromatic N) is 2. The van der Waals surface area contributed by atoms with Crippen LogP contribution in [-0.4, -0.2) is 15.5 Å². The number of aromatic nitrogens is 2. The van der Waals surface area contributed by atoms with E-state index in [1.54, 1.807) is 6.92 Å². The summed E-state index contributed by atoms with van der Waals surface area (Å²) in [5, 5.41) is 2.48. The van der Waals surface area contributed by atoms with E-state index in [2.05, 4.69) is 10.3 Å². The average molecular weight is 395 g/mol. The maximum atomic E-state index is 14.5. The van der Waals surface area contributed by atoms with Crippen LogP contribution in [0.4, 0.5) is 27.6 Å². The number of carbonyl (C=O) groups excluding carboxylic acids is 1. The van der Waals surface area contributed by atoms with Gasteiger partial charge in [0.25, 0.3) is 5.91 Å². The summed E-state index contributed by atoms with van der Waals surface area (Å²) in [5.74, 6) is -1.94. The summed E-state index contributed by atoms with van der Waals surface area (Å²) >= 11 is 0. The first-order valence-electron chi connectivity index (χ1n) is 8.07. The van der Waals surface area contributed by atoms with E-state index in [0.29, 0.717) is 11.8 Å². The zero-order valence-corrected chi connectivity index (χ0v) is 14.7. The largest absolute Gasteiger partial charge is 0.434 e. The van der Waals surface area contributed by atoms with Crippen LogP contribution in [0.15, 0.2) is 42.6 Å². The molecule has 1 N–H and O–H groups in total. The van der Waals surface area contributed by atoms with Crippen molar-refractivity contribution in [2.24, 2.45) is 0 Å². The maximum Gasteiger partial charge on any atom is 0.434 e. The fourth-order valence-corrected chi connectivity index (χ4v) is 2.71. The molecule has 3 rings (SSSR count). The van der Waals surface area contributed by atoms with Gasteiger partial charge in [0.05, 0.1) is 5.69 Å². The lowest BCUT2D eigenvalue weighted by Gasteiger charge is -2.11. The fourth-order valence-electron chi connectivity index (χ4n) is 2.71. The lowest BCUT2D eigenvalue weighted by molar-refractivity contribution is -0.141. The highest BCUT2D eigenvalue weighted by Gasteiger charge is 2.34. The van der Waals surface area contributed by atoms with Gasteiger partial charge in [0.1, 0.15) is 17.5 Å². The molecule has 0 unspecified atom stereocenters. The number of imidazole rings is 1. The SMILES string of the molecule is Cc1cc(F)ccc1C(=O)Nc1ccc(-n2cc(C(F)(F)F)nc2C)c(F)c1. The molecule has 4 nitrogen and oxygen atoms in total. The van der Waals surface area contributed by atoms with Crippen molar-refractivity contribution in [3.8, 4) is 5.69 Å². The Morgan fingerprint density at radius 2 is 1.79 bits per heavy atom. The van der Waals surface area contributed by atoms with Crippen molar-refractivity contribution in [2.45, 2.75) is 20.0 Å². The quantitative estimate of drug-likeness (QED) is 0.632. The van der Waals surface area contributed by atoms with E-state index in [9.17, 15) is 26.7 Å². The Morgan fingerprint density at radius 1 is 1.07 bits per heavy atom. The van der Waals surface area contributed by atoms with Gasteiger partial charge in [0.15, 0.2) is 5.69 Å². The molecule has 1 heterocycles. The molecular formula is C19H14F5N3O. The number of benzene rings is 2. The zero-order valence-electron chi connectivity index (χ0n) is 14.7. The summed E-state index contributed by atoms with van der Waals surface area (Å²) in [7, 11) is 0. The van der Waals surface area contributed by atoms with Crippen LogP contribution in [0.5, 0.6) is 0 Å². The van der Waals surface area contributed by atoms with Crippen molar-refractivity contribution in [1.82, 2.24) is 9.55 Å². The molecule has 0 atom stereocenters. The number of nitrogens with one attached hydrogen (secondary N) is 1.